The molecular formula is C23H27NO2. The van der Waals surface area contributed by atoms with Crippen molar-refractivity contribution in [2.45, 2.75) is 32.2 Å². The highest BCUT2D eigenvalue weighted by molar-refractivity contribution is 5.86. The van der Waals surface area contributed by atoms with E-state index in [4.69, 9.17) is 0 Å². The van der Waals surface area contributed by atoms with E-state index >= 15 is 0 Å². The minimum absolute atomic E-state index is 0.327. The molecule has 0 aliphatic carbocycles. The van der Waals surface area contributed by atoms with Crippen LogP contribution in [0.3, 0.4) is 0 Å². The number of carbonyl (C=O) groups is 1. The second-order valence-corrected chi connectivity index (χ2v) is 6.95. The molecule has 26 heavy (non-hydrogen) atoms. The molecule has 3 nitrogen and oxygen atoms in total. The molecule has 0 aromatic heterocycles. The molecule has 1 fully saturated rings. The molecule has 2 aromatic carbocycles. The summed E-state index contributed by atoms with van der Waals surface area (Å²) in [5, 5.41) is 0. The van der Waals surface area contributed by atoms with Gasteiger partial charge in [-0.3, -0.25) is 4.90 Å². The maximum atomic E-state index is 11.2. The molecule has 3 rings (SSSR count). The number of hydrogen-bond donors (Lipinski definition) is 0. The number of carbonyl (C=O) groups excluding carboxylic acids is 1. The molecular weight excluding hydrogens is 322 g/mol. The molecule has 0 spiro atoms. The zero-order valence-corrected chi connectivity index (χ0v) is 15.7. The van der Waals surface area contributed by atoms with Crippen molar-refractivity contribution in [2.75, 3.05) is 20.2 Å². The van der Waals surface area contributed by atoms with Gasteiger partial charge in [-0.1, -0.05) is 54.1 Å². The molecule has 0 amide bonds. The first-order chi connectivity index (χ1) is 12.7. The molecule has 1 saturated heterocycles. The van der Waals surface area contributed by atoms with E-state index in [2.05, 4.69) is 65.1 Å². The van der Waals surface area contributed by atoms with E-state index in [1.54, 1.807) is 6.08 Å². The van der Waals surface area contributed by atoms with Crippen molar-refractivity contribution < 1.29 is 9.53 Å². The van der Waals surface area contributed by atoms with Crippen LogP contribution in [0.15, 0.2) is 54.6 Å². The number of hydrogen-bond acceptors (Lipinski definition) is 3. The Morgan fingerprint density at radius 2 is 1.88 bits per heavy atom. The predicted octanol–water partition coefficient (Wildman–Crippen LogP) is 4.56. The van der Waals surface area contributed by atoms with Crippen LogP contribution in [0.25, 0.3) is 6.08 Å². The number of methoxy groups -OCH3 is 1. The summed E-state index contributed by atoms with van der Waals surface area (Å²) in [5.41, 5.74) is 5.10. The van der Waals surface area contributed by atoms with Gasteiger partial charge in [-0.25, -0.2) is 4.79 Å². The van der Waals surface area contributed by atoms with Gasteiger partial charge in [0.25, 0.3) is 0 Å². The van der Waals surface area contributed by atoms with Gasteiger partial charge in [0.15, 0.2) is 0 Å². The van der Waals surface area contributed by atoms with Crippen LogP contribution in [-0.4, -0.2) is 31.1 Å². The van der Waals surface area contributed by atoms with Gasteiger partial charge < -0.3 is 4.74 Å². The first kappa shape index (κ1) is 18.4. The van der Waals surface area contributed by atoms with Crippen molar-refractivity contribution in [3.63, 3.8) is 0 Å². The van der Waals surface area contributed by atoms with Gasteiger partial charge >= 0.3 is 5.97 Å². The lowest BCUT2D eigenvalue weighted by Gasteiger charge is -2.25. The smallest absolute Gasteiger partial charge is 0.330 e. The van der Waals surface area contributed by atoms with E-state index in [-0.39, 0.29) is 5.97 Å². The highest BCUT2D eigenvalue weighted by atomic mass is 16.5. The zero-order valence-electron chi connectivity index (χ0n) is 15.7. The minimum atomic E-state index is -0.327. The first-order valence-electron chi connectivity index (χ1n) is 9.31. The Morgan fingerprint density at radius 1 is 1.15 bits per heavy atom. The normalized spacial score (nSPS) is 17.7. The summed E-state index contributed by atoms with van der Waals surface area (Å²) in [6.07, 6.45) is 6.81. The van der Waals surface area contributed by atoms with Crippen LogP contribution in [-0.2, 0) is 16.0 Å². The molecule has 0 N–H and O–H groups in total. The van der Waals surface area contributed by atoms with Crippen LogP contribution >= 0.6 is 0 Å². The van der Waals surface area contributed by atoms with Crippen LogP contribution in [0, 0.1) is 6.92 Å². The molecule has 0 bridgehead atoms. The fraction of sp³-hybridized carbons (Fsp3) is 0.348. The van der Waals surface area contributed by atoms with E-state index in [0.29, 0.717) is 6.04 Å². The fourth-order valence-electron chi connectivity index (χ4n) is 3.56. The number of benzene rings is 2. The number of rotatable bonds is 6. The standard InChI is InChI=1S/C23H27NO2/c1-18-5-7-20(8-6-18)15-17-24-16-3-4-22(24)21-12-9-19(10-13-21)11-14-23(25)26-2/h5-14,22H,3-4,15-17H2,1-2H3/b14-11+/t22-/m0/s1. The van der Waals surface area contributed by atoms with Crippen molar-refractivity contribution in [1.29, 1.82) is 0 Å². The van der Waals surface area contributed by atoms with E-state index in [9.17, 15) is 4.79 Å². The van der Waals surface area contributed by atoms with E-state index in [0.717, 1.165) is 18.5 Å². The van der Waals surface area contributed by atoms with Gasteiger partial charge in [0.05, 0.1) is 7.11 Å². The molecule has 1 atom stereocenters. The van der Waals surface area contributed by atoms with E-state index in [1.807, 2.05) is 0 Å². The average molecular weight is 349 g/mol. The summed E-state index contributed by atoms with van der Waals surface area (Å²) < 4.78 is 4.63. The molecule has 0 unspecified atom stereocenters. The maximum absolute atomic E-state index is 11.2. The zero-order chi connectivity index (χ0) is 18.4. The Hall–Kier alpha value is -2.39. The molecule has 136 valence electrons. The molecule has 1 aliphatic heterocycles. The maximum Gasteiger partial charge on any atom is 0.330 e. The van der Waals surface area contributed by atoms with E-state index < -0.39 is 0 Å². The lowest BCUT2D eigenvalue weighted by molar-refractivity contribution is -0.134. The Bertz CT molecular complexity index is 747. The number of esters is 1. The highest BCUT2D eigenvalue weighted by Crippen LogP contribution is 2.32. The summed E-state index contributed by atoms with van der Waals surface area (Å²) in [6, 6.07) is 17.9. The van der Waals surface area contributed by atoms with Gasteiger partial charge in [0, 0.05) is 18.7 Å². The number of likely N-dealkylation sites (tertiary alicyclic amines) is 1. The van der Waals surface area contributed by atoms with Gasteiger partial charge in [-0.15, -0.1) is 0 Å². The number of ether oxygens (including phenoxy) is 1. The van der Waals surface area contributed by atoms with Crippen molar-refractivity contribution in [2.24, 2.45) is 0 Å². The third-order valence-electron chi connectivity index (χ3n) is 5.11. The summed E-state index contributed by atoms with van der Waals surface area (Å²) in [6.45, 7) is 4.39. The summed E-state index contributed by atoms with van der Waals surface area (Å²) >= 11 is 0. The average Bonchev–Trinajstić information content (AvgIpc) is 3.14. The van der Waals surface area contributed by atoms with Crippen LogP contribution in [0.5, 0.6) is 0 Å². The third kappa shape index (κ3) is 4.83. The first-order valence-corrected chi connectivity index (χ1v) is 9.31. The second-order valence-electron chi connectivity index (χ2n) is 6.95. The monoisotopic (exact) mass is 349 g/mol. The second kappa shape index (κ2) is 8.81. The van der Waals surface area contributed by atoms with Crippen LogP contribution in [0.2, 0.25) is 0 Å². The Labute approximate surface area is 156 Å². The molecule has 3 heteroatoms. The Balaban J connectivity index is 1.61. The predicted molar refractivity (Wildman–Crippen MR) is 106 cm³/mol. The minimum Gasteiger partial charge on any atom is -0.466 e. The Morgan fingerprint density at radius 3 is 2.58 bits per heavy atom. The SMILES string of the molecule is COC(=O)/C=C/c1ccc([C@@H]2CCCN2CCc2ccc(C)cc2)cc1. The third-order valence-corrected chi connectivity index (χ3v) is 5.11. The van der Waals surface area contributed by atoms with Crippen molar-refractivity contribution >= 4 is 12.0 Å². The van der Waals surface area contributed by atoms with Crippen molar-refractivity contribution in [3.8, 4) is 0 Å². The van der Waals surface area contributed by atoms with Crippen molar-refractivity contribution in [1.82, 2.24) is 4.90 Å². The van der Waals surface area contributed by atoms with Gasteiger partial charge in [0.2, 0.25) is 0 Å². The largest absolute Gasteiger partial charge is 0.466 e. The summed E-state index contributed by atoms with van der Waals surface area (Å²) in [7, 11) is 1.39. The Kier molecular flexibility index (Phi) is 6.24. The van der Waals surface area contributed by atoms with Crippen LogP contribution in [0.1, 0.15) is 41.1 Å². The van der Waals surface area contributed by atoms with E-state index in [1.165, 1.54) is 49.3 Å². The topological polar surface area (TPSA) is 29.5 Å². The molecule has 0 radical (unpaired) electrons. The highest BCUT2D eigenvalue weighted by Gasteiger charge is 2.25. The lowest BCUT2D eigenvalue weighted by Crippen LogP contribution is -2.25. The van der Waals surface area contributed by atoms with Crippen LogP contribution < -0.4 is 0 Å². The summed E-state index contributed by atoms with van der Waals surface area (Å²) in [4.78, 5) is 13.8. The van der Waals surface area contributed by atoms with Gasteiger partial charge in [0.1, 0.15) is 0 Å². The van der Waals surface area contributed by atoms with Crippen LogP contribution in [0.4, 0.5) is 0 Å². The lowest BCUT2D eigenvalue weighted by atomic mass is 10.0. The summed E-state index contributed by atoms with van der Waals surface area (Å²) in [5.74, 6) is -0.327. The van der Waals surface area contributed by atoms with Gasteiger partial charge in [-0.05, 0) is 55.5 Å². The molecule has 1 aliphatic rings. The molecule has 2 aromatic rings. The van der Waals surface area contributed by atoms with Crippen molar-refractivity contribution in [3.05, 3.63) is 76.9 Å². The quantitative estimate of drug-likeness (QED) is 0.565. The van der Waals surface area contributed by atoms with Gasteiger partial charge in [-0.2, -0.15) is 0 Å². The fourth-order valence-corrected chi connectivity index (χ4v) is 3.56. The number of nitrogens with zero attached hydrogens (tertiary/aromatic N) is 1. The molecule has 1 heterocycles. The number of aryl methyl sites for hydroxylation is 1. The molecule has 0 saturated carbocycles.